The minimum atomic E-state index is -1.05. The van der Waals surface area contributed by atoms with Crippen molar-refractivity contribution in [1.29, 1.82) is 0 Å². The van der Waals surface area contributed by atoms with Gasteiger partial charge in [-0.1, -0.05) is 27.7 Å². The van der Waals surface area contributed by atoms with Gasteiger partial charge in [-0.05, 0) is 32.1 Å². The van der Waals surface area contributed by atoms with Crippen LogP contribution in [0.2, 0.25) is 0 Å². The zero-order chi connectivity index (χ0) is 14.7. The van der Waals surface area contributed by atoms with Gasteiger partial charge in [0, 0.05) is 0 Å². The first-order chi connectivity index (χ1) is 7.84. The molecule has 0 heterocycles. The summed E-state index contributed by atoms with van der Waals surface area (Å²) < 4.78 is 5.07. The monoisotopic (exact) mass is 259 g/mol. The van der Waals surface area contributed by atoms with Crippen LogP contribution in [0.5, 0.6) is 0 Å². The van der Waals surface area contributed by atoms with E-state index in [1.165, 1.54) is 0 Å². The zero-order valence-corrected chi connectivity index (χ0v) is 12.3. The van der Waals surface area contributed by atoms with E-state index in [0.29, 0.717) is 0 Å². The molecule has 0 bridgehead atoms. The Bertz CT molecular complexity index is 312. The molecular formula is C13H25NO4. The number of hydrogen-bond acceptors (Lipinski definition) is 3. The minimum Gasteiger partial charge on any atom is -0.480 e. The third-order valence-corrected chi connectivity index (χ3v) is 2.80. The van der Waals surface area contributed by atoms with Gasteiger partial charge in [-0.3, -0.25) is 0 Å². The molecule has 1 amide bonds. The Balaban J connectivity index is 4.76. The van der Waals surface area contributed by atoms with Gasteiger partial charge in [0.1, 0.15) is 11.6 Å². The van der Waals surface area contributed by atoms with Crippen molar-refractivity contribution < 1.29 is 19.4 Å². The van der Waals surface area contributed by atoms with Crippen molar-refractivity contribution in [2.24, 2.45) is 11.3 Å². The van der Waals surface area contributed by atoms with E-state index in [9.17, 15) is 14.7 Å². The summed E-state index contributed by atoms with van der Waals surface area (Å²) in [5.74, 6) is -1.27. The summed E-state index contributed by atoms with van der Waals surface area (Å²) in [6.45, 7) is 12.8. The molecule has 0 aromatic carbocycles. The van der Waals surface area contributed by atoms with Crippen LogP contribution in [0.4, 0.5) is 4.79 Å². The van der Waals surface area contributed by atoms with Crippen molar-refractivity contribution >= 4 is 12.1 Å². The van der Waals surface area contributed by atoms with Crippen molar-refractivity contribution in [2.75, 3.05) is 0 Å². The molecule has 5 heteroatoms. The fourth-order valence-corrected chi connectivity index (χ4v) is 1.34. The summed E-state index contributed by atoms with van der Waals surface area (Å²) in [6.07, 6.45) is -0.703. The molecule has 0 aliphatic rings. The lowest BCUT2D eigenvalue weighted by molar-refractivity contribution is -0.142. The van der Waals surface area contributed by atoms with Crippen LogP contribution < -0.4 is 5.32 Å². The number of nitrogens with one attached hydrogen (secondary N) is 1. The summed E-state index contributed by atoms with van der Waals surface area (Å²) in [6, 6.07) is -0.958. The second-order valence-electron chi connectivity index (χ2n) is 6.62. The summed E-state index contributed by atoms with van der Waals surface area (Å²) in [5.41, 5.74) is -0.865. The standard InChI is InChI=1S/C13H25NO4/c1-8(12(2,3)4)9(10(15)16)14-11(17)18-13(5,6)7/h8-9H,1-7H3,(H,14,17)(H,15,16)/t8?,9-/m0/s1. The van der Waals surface area contributed by atoms with E-state index in [1.807, 2.05) is 20.8 Å². The van der Waals surface area contributed by atoms with E-state index in [-0.39, 0.29) is 11.3 Å². The first-order valence-corrected chi connectivity index (χ1v) is 6.07. The molecule has 0 radical (unpaired) electrons. The molecular weight excluding hydrogens is 234 g/mol. The minimum absolute atomic E-state index is 0.220. The van der Waals surface area contributed by atoms with Crippen LogP contribution in [0, 0.1) is 11.3 Å². The fraction of sp³-hybridized carbons (Fsp3) is 0.846. The molecule has 0 saturated carbocycles. The Labute approximate surface area is 109 Å². The Hall–Kier alpha value is -1.26. The summed E-state index contributed by atoms with van der Waals surface area (Å²) in [5, 5.41) is 11.6. The normalized spacial score (nSPS) is 15.7. The van der Waals surface area contributed by atoms with E-state index < -0.39 is 23.7 Å². The number of carboxylic acids is 1. The molecule has 0 rings (SSSR count). The van der Waals surface area contributed by atoms with Gasteiger partial charge in [-0.2, -0.15) is 0 Å². The number of amides is 1. The number of rotatable bonds is 3. The van der Waals surface area contributed by atoms with Crippen molar-refractivity contribution in [1.82, 2.24) is 5.32 Å². The fourth-order valence-electron chi connectivity index (χ4n) is 1.34. The SMILES string of the molecule is CC([C@H](NC(=O)OC(C)(C)C)C(=O)O)C(C)(C)C. The van der Waals surface area contributed by atoms with Crippen molar-refractivity contribution in [2.45, 2.75) is 60.1 Å². The number of carboxylic acid groups (broad SMARTS) is 1. The van der Waals surface area contributed by atoms with Gasteiger partial charge >= 0.3 is 12.1 Å². The van der Waals surface area contributed by atoms with E-state index in [4.69, 9.17) is 4.74 Å². The molecule has 0 aromatic rings. The first-order valence-electron chi connectivity index (χ1n) is 6.07. The van der Waals surface area contributed by atoms with E-state index >= 15 is 0 Å². The second kappa shape index (κ2) is 5.59. The lowest BCUT2D eigenvalue weighted by Gasteiger charge is -2.32. The van der Waals surface area contributed by atoms with Gasteiger partial charge in [-0.15, -0.1) is 0 Å². The van der Waals surface area contributed by atoms with Gasteiger partial charge in [0.2, 0.25) is 0 Å². The predicted molar refractivity (Wildman–Crippen MR) is 69.4 cm³/mol. The Morgan fingerprint density at radius 1 is 1.11 bits per heavy atom. The van der Waals surface area contributed by atoms with Gasteiger partial charge in [0.15, 0.2) is 0 Å². The molecule has 0 saturated heterocycles. The molecule has 0 aliphatic carbocycles. The van der Waals surface area contributed by atoms with E-state index in [1.54, 1.807) is 27.7 Å². The third kappa shape index (κ3) is 5.89. The molecule has 2 N–H and O–H groups in total. The van der Waals surface area contributed by atoms with Crippen LogP contribution in [-0.4, -0.2) is 28.8 Å². The van der Waals surface area contributed by atoms with E-state index in [2.05, 4.69) is 5.32 Å². The molecule has 0 spiro atoms. The van der Waals surface area contributed by atoms with Crippen LogP contribution >= 0.6 is 0 Å². The highest BCUT2D eigenvalue weighted by Crippen LogP contribution is 2.28. The average molecular weight is 259 g/mol. The Morgan fingerprint density at radius 3 is 1.83 bits per heavy atom. The number of carbonyl (C=O) groups excluding carboxylic acids is 1. The highest BCUT2D eigenvalue weighted by atomic mass is 16.6. The highest BCUT2D eigenvalue weighted by molar-refractivity contribution is 5.80. The molecule has 18 heavy (non-hydrogen) atoms. The number of ether oxygens (including phenoxy) is 1. The Kier molecular flexibility index (Phi) is 5.20. The quantitative estimate of drug-likeness (QED) is 0.817. The number of alkyl carbamates (subject to hydrolysis) is 1. The molecule has 0 fully saturated rings. The van der Waals surface area contributed by atoms with Gasteiger partial charge in [0.25, 0.3) is 0 Å². The maximum Gasteiger partial charge on any atom is 0.408 e. The second-order valence-corrected chi connectivity index (χ2v) is 6.62. The smallest absolute Gasteiger partial charge is 0.408 e. The molecule has 0 aliphatic heterocycles. The van der Waals surface area contributed by atoms with Crippen molar-refractivity contribution in [3.05, 3.63) is 0 Å². The number of carbonyl (C=O) groups is 2. The largest absolute Gasteiger partial charge is 0.480 e. The van der Waals surface area contributed by atoms with Crippen LogP contribution in [0.15, 0.2) is 0 Å². The lowest BCUT2D eigenvalue weighted by Crippen LogP contribution is -2.50. The topological polar surface area (TPSA) is 75.6 Å². The highest BCUT2D eigenvalue weighted by Gasteiger charge is 2.35. The van der Waals surface area contributed by atoms with Gasteiger partial charge in [0.05, 0.1) is 0 Å². The molecule has 1 unspecified atom stereocenters. The Morgan fingerprint density at radius 2 is 1.56 bits per heavy atom. The predicted octanol–water partition coefficient (Wildman–Crippen LogP) is 2.65. The first kappa shape index (κ1) is 16.7. The number of hydrogen-bond donors (Lipinski definition) is 2. The van der Waals surface area contributed by atoms with Gasteiger partial charge < -0.3 is 15.2 Å². The molecule has 2 atom stereocenters. The maximum atomic E-state index is 11.6. The van der Waals surface area contributed by atoms with Crippen molar-refractivity contribution in [3.63, 3.8) is 0 Å². The summed E-state index contributed by atoms with van der Waals surface area (Å²) in [4.78, 5) is 22.8. The summed E-state index contributed by atoms with van der Waals surface area (Å²) in [7, 11) is 0. The van der Waals surface area contributed by atoms with Crippen LogP contribution in [-0.2, 0) is 9.53 Å². The van der Waals surface area contributed by atoms with Gasteiger partial charge in [-0.25, -0.2) is 9.59 Å². The lowest BCUT2D eigenvalue weighted by atomic mass is 9.77. The zero-order valence-electron chi connectivity index (χ0n) is 12.3. The average Bonchev–Trinajstić information content (AvgIpc) is 2.08. The van der Waals surface area contributed by atoms with E-state index in [0.717, 1.165) is 0 Å². The molecule has 0 aromatic heterocycles. The number of aliphatic carboxylic acids is 1. The molecule has 106 valence electrons. The van der Waals surface area contributed by atoms with Crippen LogP contribution in [0.1, 0.15) is 48.5 Å². The van der Waals surface area contributed by atoms with Crippen LogP contribution in [0.3, 0.4) is 0 Å². The molecule has 5 nitrogen and oxygen atoms in total. The van der Waals surface area contributed by atoms with Crippen molar-refractivity contribution in [3.8, 4) is 0 Å². The van der Waals surface area contributed by atoms with Crippen LogP contribution in [0.25, 0.3) is 0 Å². The third-order valence-electron chi connectivity index (χ3n) is 2.80. The maximum absolute atomic E-state index is 11.6. The summed E-state index contributed by atoms with van der Waals surface area (Å²) >= 11 is 0.